The minimum Gasteiger partial charge on any atom is -0.489 e. The molecule has 1 heterocycles. The Morgan fingerprint density at radius 1 is 1.20 bits per heavy atom. The number of amides is 1. The highest BCUT2D eigenvalue weighted by atomic mass is 19.1. The number of halogens is 1. The minimum atomic E-state index is -0.183. The smallest absolute Gasteiger partial charge is 0.226 e. The summed E-state index contributed by atoms with van der Waals surface area (Å²) < 4.78 is 24.0. The van der Waals surface area contributed by atoms with Gasteiger partial charge in [0, 0.05) is 12.0 Å². The first-order valence-corrected chi connectivity index (χ1v) is 11.5. The van der Waals surface area contributed by atoms with E-state index in [0.717, 1.165) is 63.7 Å². The van der Waals surface area contributed by atoms with Crippen molar-refractivity contribution in [3.05, 3.63) is 41.7 Å². The molecule has 5 rings (SSSR count). The second-order valence-electron chi connectivity index (χ2n) is 9.38. The van der Waals surface area contributed by atoms with Gasteiger partial charge in [-0.05, 0) is 86.5 Å². The maximum absolute atomic E-state index is 13.1. The van der Waals surface area contributed by atoms with Crippen LogP contribution in [-0.4, -0.2) is 31.8 Å². The Bertz CT molecular complexity index is 743. The number of hydrogen-bond donors (Lipinski definition) is 1. The van der Waals surface area contributed by atoms with E-state index in [2.05, 4.69) is 17.4 Å². The molecule has 4 aliphatic rings. The summed E-state index contributed by atoms with van der Waals surface area (Å²) in [6.45, 7) is 3.69. The molecule has 0 radical (unpaired) electrons. The van der Waals surface area contributed by atoms with Crippen LogP contribution in [0.4, 0.5) is 4.39 Å². The summed E-state index contributed by atoms with van der Waals surface area (Å²) in [5.74, 6) is 1.03. The lowest BCUT2D eigenvalue weighted by molar-refractivity contribution is -0.139. The molecule has 1 saturated heterocycles. The largest absolute Gasteiger partial charge is 0.489 e. The molecule has 1 unspecified atom stereocenters. The average molecular weight is 416 g/mol. The van der Waals surface area contributed by atoms with Gasteiger partial charge in [0.15, 0.2) is 0 Å². The topological polar surface area (TPSA) is 47.6 Å². The van der Waals surface area contributed by atoms with Gasteiger partial charge in [-0.3, -0.25) is 4.79 Å². The van der Waals surface area contributed by atoms with E-state index in [1.54, 1.807) is 0 Å². The molecule has 30 heavy (non-hydrogen) atoms. The molecular formula is C25H34FNO3. The summed E-state index contributed by atoms with van der Waals surface area (Å²) in [7, 11) is 0. The van der Waals surface area contributed by atoms with Crippen molar-refractivity contribution >= 4 is 5.91 Å². The van der Waals surface area contributed by atoms with E-state index in [9.17, 15) is 9.18 Å². The SMILES string of the molecule is CC/C(=C\F)COc1ccc(C23CCC(C(=O)NC4CCCOC4)(CC2)CC3)cc1. The van der Waals surface area contributed by atoms with E-state index >= 15 is 0 Å². The van der Waals surface area contributed by atoms with Gasteiger partial charge < -0.3 is 14.8 Å². The van der Waals surface area contributed by atoms with E-state index < -0.39 is 0 Å². The Kier molecular flexibility index (Phi) is 6.47. The maximum Gasteiger partial charge on any atom is 0.226 e. The second kappa shape index (κ2) is 9.09. The van der Waals surface area contributed by atoms with Gasteiger partial charge in [0.2, 0.25) is 5.91 Å². The highest BCUT2D eigenvalue weighted by molar-refractivity contribution is 5.83. The van der Waals surface area contributed by atoms with Gasteiger partial charge >= 0.3 is 0 Å². The van der Waals surface area contributed by atoms with Gasteiger partial charge in [0.05, 0.1) is 19.0 Å². The predicted molar refractivity (Wildman–Crippen MR) is 115 cm³/mol. The zero-order valence-electron chi connectivity index (χ0n) is 18.1. The first-order chi connectivity index (χ1) is 14.6. The molecule has 1 aromatic carbocycles. The minimum absolute atomic E-state index is 0.182. The molecule has 164 valence electrons. The van der Waals surface area contributed by atoms with Crippen LogP contribution in [0.25, 0.3) is 0 Å². The van der Waals surface area contributed by atoms with Crippen LogP contribution >= 0.6 is 0 Å². The van der Waals surface area contributed by atoms with E-state index in [1.165, 1.54) is 5.56 Å². The van der Waals surface area contributed by atoms with Crippen molar-refractivity contribution in [2.75, 3.05) is 19.8 Å². The fourth-order valence-electron chi connectivity index (χ4n) is 5.44. The number of benzene rings is 1. The van der Waals surface area contributed by atoms with Crippen LogP contribution in [0.2, 0.25) is 0 Å². The van der Waals surface area contributed by atoms with Crippen molar-refractivity contribution in [3.8, 4) is 5.75 Å². The molecule has 0 spiro atoms. The summed E-state index contributed by atoms with van der Waals surface area (Å²) >= 11 is 0. The quantitative estimate of drug-likeness (QED) is 0.664. The standard InChI is InChI=1S/C25H34FNO3/c1-2-19(16-26)17-30-22-7-5-20(6-8-22)24-9-12-25(13-10-24,14-11-24)23(28)27-21-4-3-15-29-18-21/h5-8,16,21H,2-4,9-15,17-18H2,1H3,(H,27,28)/b19-16+. The first-order valence-electron chi connectivity index (χ1n) is 11.5. The number of hydrogen-bond acceptors (Lipinski definition) is 3. The molecule has 5 heteroatoms. The van der Waals surface area contributed by atoms with E-state index in [1.807, 2.05) is 19.1 Å². The highest BCUT2D eigenvalue weighted by Gasteiger charge is 2.53. The molecule has 2 bridgehead atoms. The van der Waals surface area contributed by atoms with E-state index in [0.29, 0.717) is 31.5 Å². The monoisotopic (exact) mass is 415 g/mol. The van der Waals surface area contributed by atoms with Crippen molar-refractivity contribution in [3.63, 3.8) is 0 Å². The van der Waals surface area contributed by atoms with Crippen molar-refractivity contribution in [1.82, 2.24) is 5.32 Å². The lowest BCUT2D eigenvalue weighted by Crippen LogP contribution is -2.54. The van der Waals surface area contributed by atoms with Crippen LogP contribution < -0.4 is 10.1 Å². The average Bonchev–Trinajstić information content (AvgIpc) is 2.82. The number of rotatable bonds is 7. The zero-order chi connectivity index (χ0) is 21.0. The Morgan fingerprint density at radius 2 is 1.90 bits per heavy atom. The van der Waals surface area contributed by atoms with Gasteiger partial charge in [0.1, 0.15) is 12.4 Å². The Hall–Kier alpha value is -1.88. The number of fused-ring (bicyclic) bond motifs is 3. The van der Waals surface area contributed by atoms with Crippen LogP contribution in [-0.2, 0) is 14.9 Å². The molecule has 1 atom stereocenters. The third kappa shape index (κ3) is 4.27. The lowest BCUT2D eigenvalue weighted by Gasteiger charge is -2.53. The Morgan fingerprint density at radius 3 is 2.47 bits per heavy atom. The van der Waals surface area contributed by atoms with E-state index in [4.69, 9.17) is 9.47 Å². The fraction of sp³-hybridized carbons (Fsp3) is 0.640. The fourth-order valence-corrected chi connectivity index (χ4v) is 5.44. The third-order valence-corrected chi connectivity index (χ3v) is 7.72. The van der Waals surface area contributed by atoms with Gasteiger partial charge in [0.25, 0.3) is 0 Å². The number of ether oxygens (including phenoxy) is 2. The molecule has 0 aromatic heterocycles. The summed E-state index contributed by atoms with van der Waals surface area (Å²) in [4.78, 5) is 13.1. The summed E-state index contributed by atoms with van der Waals surface area (Å²) in [6, 6.07) is 8.52. The number of carbonyl (C=O) groups is 1. The molecule has 1 aliphatic heterocycles. The zero-order valence-corrected chi connectivity index (χ0v) is 18.1. The first kappa shape index (κ1) is 21.4. The number of nitrogens with one attached hydrogen (secondary N) is 1. The van der Waals surface area contributed by atoms with Gasteiger partial charge in [-0.25, -0.2) is 4.39 Å². The van der Waals surface area contributed by atoms with Gasteiger partial charge in [-0.1, -0.05) is 19.1 Å². The molecule has 4 nitrogen and oxygen atoms in total. The lowest BCUT2D eigenvalue weighted by atomic mass is 9.51. The van der Waals surface area contributed by atoms with Crippen molar-refractivity contribution in [2.45, 2.75) is 76.2 Å². The second-order valence-corrected chi connectivity index (χ2v) is 9.38. The molecular weight excluding hydrogens is 381 g/mol. The summed E-state index contributed by atoms with van der Waals surface area (Å²) in [5.41, 5.74) is 2.01. The van der Waals surface area contributed by atoms with Crippen molar-refractivity contribution in [2.24, 2.45) is 5.41 Å². The van der Waals surface area contributed by atoms with Gasteiger partial charge in [-0.2, -0.15) is 0 Å². The third-order valence-electron chi connectivity index (χ3n) is 7.72. The molecule has 3 aliphatic carbocycles. The molecule has 1 amide bonds. The maximum atomic E-state index is 13.1. The normalized spacial score (nSPS) is 31.4. The predicted octanol–water partition coefficient (Wildman–Crippen LogP) is 5.22. The molecule has 1 N–H and O–H groups in total. The van der Waals surface area contributed by atoms with Crippen LogP contribution in [0.3, 0.4) is 0 Å². The Balaban J connectivity index is 1.36. The molecule has 3 saturated carbocycles. The van der Waals surface area contributed by atoms with Crippen LogP contribution in [0.1, 0.15) is 70.3 Å². The number of carbonyl (C=O) groups excluding carboxylic acids is 1. The van der Waals surface area contributed by atoms with Crippen LogP contribution in [0.15, 0.2) is 36.2 Å². The van der Waals surface area contributed by atoms with Crippen molar-refractivity contribution < 1.29 is 18.7 Å². The van der Waals surface area contributed by atoms with Gasteiger partial charge in [-0.15, -0.1) is 0 Å². The summed E-state index contributed by atoms with van der Waals surface area (Å²) in [6.07, 6.45) is 9.43. The van der Waals surface area contributed by atoms with E-state index in [-0.39, 0.29) is 22.8 Å². The van der Waals surface area contributed by atoms with Crippen LogP contribution in [0, 0.1) is 5.41 Å². The molecule has 4 fully saturated rings. The molecule has 1 aromatic rings. The highest BCUT2D eigenvalue weighted by Crippen LogP contribution is 2.58. The summed E-state index contributed by atoms with van der Waals surface area (Å²) in [5, 5.41) is 3.29. The Labute approximate surface area is 179 Å². The van der Waals surface area contributed by atoms with Crippen molar-refractivity contribution in [1.29, 1.82) is 0 Å². The van der Waals surface area contributed by atoms with Crippen LogP contribution in [0.5, 0.6) is 5.75 Å².